The Kier molecular flexibility index (Phi) is 2.79. The number of alkyl halides is 1. The molecule has 0 radical (unpaired) electrons. The van der Waals surface area contributed by atoms with E-state index in [4.69, 9.17) is 5.73 Å². The molecular weight excluding hydrogens is 215 g/mol. The van der Waals surface area contributed by atoms with Crippen LogP contribution in [-0.4, -0.2) is 23.7 Å². The Morgan fingerprint density at radius 1 is 1.12 bits per heavy atom. The first-order valence-corrected chi connectivity index (χ1v) is 6.51. The molecular formula is C14H19FN2. The third-order valence-corrected chi connectivity index (χ3v) is 3.89. The number of likely N-dealkylation sites (tertiary alicyclic amines) is 1. The third-order valence-electron chi connectivity index (χ3n) is 3.89. The van der Waals surface area contributed by atoms with Crippen molar-refractivity contribution in [2.24, 2.45) is 0 Å². The van der Waals surface area contributed by atoms with Crippen molar-refractivity contribution in [2.75, 3.05) is 12.3 Å². The summed E-state index contributed by atoms with van der Waals surface area (Å²) >= 11 is 0. The van der Waals surface area contributed by atoms with E-state index in [2.05, 4.69) is 4.90 Å². The van der Waals surface area contributed by atoms with Gasteiger partial charge in [-0.3, -0.25) is 4.90 Å². The summed E-state index contributed by atoms with van der Waals surface area (Å²) in [5.41, 5.74) is 7.52. The van der Waals surface area contributed by atoms with Gasteiger partial charge in [-0.25, -0.2) is 4.39 Å². The lowest BCUT2D eigenvalue weighted by Gasteiger charge is -2.38. The number of halogens is 1. The second-order valence-electron chi connectivity index (χ2n) is 5.24. The molecule has 1 heterocycles. The zero-order valence-electron chi connectivity index (χ0n) is 9.98. The van der Waals surface area contributed by atoms with Crippen molar-refractivity contribution in [1.29, 1.82) is 0 Å². The van der Waals surface area contributed by atoms with Crippen LogP contribution >= 0.6 is 0 Å². The summed E-state index contributed by atoms with van der Waals surface area (Å²) in [7, 11) is 0. The van der Waals surface area contributed by atoms with Crippen LogP contribution < -0.4 is 5.73 Å². The van der Waals surface area contributed by atoms with Gasteiger partial charge < -0.3 is 5.73 Å². The van der Waals surface area contributed by atoms with Crippen LogP contribution in [0.25, 0.3) is 0 Å². The van der Waals surface area contributed by atoms with E-state index in [1.807, 2.05) is 24.3 Å². The minimum absolute atomic E-state index is 0.0446. The van der Waals surface area contributed by atoms with E-state index in [1.54, 1.807) is 0 Å². The van der Waals surface area contributed by atoms with E-state index in [-0.39, 0.29) is 6.04 Å². The monoisotopic (exact) mass is 234 g/mol. The number of anilines is 1. The first-order valence-electron chi connectivity index (χ1n) is 6.51. The Morgan fingerprint density at radius 3 is 2.47 bits per heavy atom. The summed E-state index contributed by atoms with van der Waals surface area (Å²) in [6.07, 6.45) is 3.42. The van der Waals surface area contributed by atoms with E-state index in [9.17, 15) is 4.39 Å². The van der Waals surface area contributed by atoms with Gasteiger partial charge in [0.2, 0.25) is 0 Å². The molecule has 2 unspecified atom stereocenters. The van der Waals surface area contributed by atoms with Gasteiger partial charge in [0.25, 0.3) is 0 Å². The SMILES string of the molecule is Nc1ccc(C2C(F)CCCN2C2CC2)cc1. The molecule has 3 heteroatoms. The summed E-state index contributed by atoms with van der Waals surface area (Å²) in [6.45, 7) is 1.04. The predicted octanol–water partition coefficient (Wildman–Crippen LogP) is 2.91. The fourth-order valence-electron chi connectivity index (χ4n) is 2.88. The van der Waals surface area contributed by atoms with Gasteiger partial charge in [0, 0.05) is 11.7 Å². The lowest BCUT2D eigenvalue weighted by atomic mass is 9.93. The number of hydrogen-bond acceptors (Lipinski definition) is 2. The number of piperidine rings is 1. The normalized spacial score (nSPS) is 30.4. The number of rotatable bonds is 2. The van der Waals surface area contributed by atoms with Gasteiger partial charge in [0.05, 0.1) is 6.04 Å². The number of nitrogen functional groups attached to an aromatic ring is 1. The van der Waals surface area contributed by atoms with Crippen LogP contribution in [0.3, 0.4) is 0 Å². The van der Waals surface area contributed by atoms with Crippen molar-refractivity contribution in [3.8, 4) is 0 Å². The molecule has 1 aromatic carbocycles. The molecule has 2 nitrogen and oxygen atoms in total. The minimum atomic E-state index is -0.729. The molecule has 0 spiro atoms. The topological polar surface area (TPSA) is 29.3 Å². The molecule has 1 saturated carbocycles. The lowest BCUT2D eigenvalue weighted by molar-refractivity contribution is 0.0583. The minimum Gasteiger partial charge on any atom is -0.399 e. The molecule has 2 atom stereocenters. The van der Waals surface area contributed by atoms with Crippen LogP contribution in [0.15, 0.2) is 24.3 Å². The second kappa shape index (κ2) is 4.30. The van der Waals surface area contributed by atoms with Gasteiger partial charge in [0.15, 0.2) is 0 Å². The first-order chi connectivity index (χ1) is 8.25. The molecule has 0 aromatic heterocycles. The highest BCUT2D eigenvalue weighted by Crippen LogP contribution is 2.41. The Bertz CT molecular complexity index is 386. The molecule has 1 saturated heterocycles. The quantitative estimate of drug-likeness (QED) is 0.797. The lowest BCUT2D eigenvalue weighted by Crippen LogP contribution is -2.41. The van der Waals surface area contributed by atoms with E-state index >= 15 is 0 Å². The molecule has 2 aliphatic rings. The van der Waals surface area contributed by atoms with Crippen LogP contribution in [0.2, 0.25) is 0 Å². The van der Waals surface area contributed by atoms with E-state index in [0.29, 0.717) is 12.5 Å². The summed E-state index contributed by atoms with van der Waals surface area (Å²) in [5.74, 6) is 0. The van der Waals surface area contributed by atoms with Crippen molar-refractivity contribution < 1.29 is 4.39 Å². The number of benzene rings is 1. The molecule has 1 aliphatic heterocycles. The van der Waals surface area contributed by atoms with Crippen LogP contribution in [0.5, 0.6) is 0 Å². The summed E-state index contributed by atoms with van der Waals surface area (Å²) < 4.78 is 14.2. The summed E-state index contributed by atoms with van der Waals surface area (Å²) in [4.78, 5) is 2.36. The maximum atomic E-state index is 14.2. The average Bonchev–Trinajstić information content (AvgIpc) is 3.14. The van der Waals surface area contributed by atoms with Crippen molar-refractivity contribution in [1.82, 2.24) is 4.90 Å². The zero-order chi connectivity index (χ0) is 11.8. The molecule has 2 fully saturated rings. The zero-order valence-corrected chi connectivity index (χ0v) is 9.98. The van der Waals surface area contributed by atoms with Gasteiger partial charge in [-0.05, 0) is 49.9 Å². The smallest absolute Gasteiger partial charge is 0.120 e. The maximum absolute atomic E-state index is 14.2. The number of hydrogen-bond donors (Lipinski definition) is 1. The highest BCUT2D eigenvalue weighted by atomic mass is 19.1. The van der Waals surface area contributed by atoms with Crippen molar-refractivity contribution in [3.63, 3.8) is 0 Å². The van der Waals surface area contributed by atoms with Gasteiger partial charge >= 0.3 is 0 Å². The fourth-order valence-corrected chi connectivity index (χ4v) is 2.88. The summed E-state index contributed by atoms with van der Waals surface area (Å²) in [6, 6.07) is 8.29. The fraction of sp³-hybridized carbons (Fsp3) is 0.571. The highest BCUT2D eigenvalue weighted by Gasteiger charge is 2.40. The molecule has 0 bridgehead atoms. The molecule has 0 amide bonds. The Hall–Kier alpha value is -1.09. The largest absolute Gasteiger partial charge is 0.399 e. The van der Waals surface area contributed by atoms with E-state index in [1.165, 1.54) is 12.8 Å². The summed E-state index contributed by atoms with van der Waals surface area (Å²) in [5, 5.41) is 0. The Labute approximate surface area is 102 Å². The Balaban J connectivity index is 1.87. The van der Waals surface area contributed by atoms with Gasteiger partial charge in [-0.2, -0.15) is 0 Å². The molecule has 92 valence electrons. The predicted molar refractivity (Wildman–Crippen MR) is 67.5 cm³/mol. The molecule has 1 aromatic rings. The van der Waals surface area contributed by atoms with E-state index in [0.717, 1.165) is 24.2 Å². The number of nitrogens with two attached hydrogens (primary N) is 1. The third kappa shape index (κ3) is 2.16. The highest BCUT2D eigenvalue weighted by molar-refractivity contribution is 5.40. The standard InChI is InChI=1S/C14H19FN2/c15-13-2-1-9-17(12-7-8-12)14(13)10-3-5-11(16)6-4-10/h3-6,12-14H,1-2,7-9,16H2. The van der Waals surface area contributed by atoms with Crippen molar-refractivity contribution in [3.05, 3.63) is 29.8 Å². The van der Waals surface area contributed by atoms with Crippen LogP contribution in [0.1, 0.15) is 37.3 Å². The maximum Gasteiger partial charge on any atom is 0.120 e. The Morgan fingerprint density at radius 2 is 1.82 bits per heavy atom. The van der Waals surface area contributed by atoms with E-state index < -0.39 is 6.17 Å². The average molecular weight is 234 g/mol. The van der Waals surface area contributed by atoms with Crippen LogP contribution in [-0.2, 0) is 0 Å². The van der Waals surface area contributed by atoms with Gasteiger partial charge in [-0.1, -0.05) is 12.1 Å². The van der Waals surface area contributed by atoms with Gasteiger partial charge in [0.1, 0.15) is 6.17 Å². The first kappa shape index (κ1) is 11.0. The van der Waals surface area contributed by atoms with Crippen LogP contribution in [0.4, 0.5) is 10.1 Å². The second-order valence-corrected chi connectivity index (χ2v) is 5.24. The molecule has 17 heavy (non-hydrogen) atoms. The molecule has 3 rings (SSSR count). The molecule has 1 aliphatic carbocycles. The molecule has 2 N–H and O–H groups in total. The van der Waals surface area contributed by atoms with Crippen LogP contribution in [0, 0.1) is 0 Å². The van der Waals surface area contributed by atoms with Crippen molar-refractivity contribution in [2.45, 2.75) is 43.9 Å². The van der Waals surface area contributed by atoms with Crippen molar-refractivity contribution >= 4 is 5.69 Å². The van der Waals surface area contributed by atoms with Gasteiger partial charge in [-0.15, -0.1) is 0 Å². The number of nitrogens with zero attached hydrogens (tertiary/aromatic N) is 1.